The molecule has 4 nitrogen and oxygen atoms in total. The van der Waals surface area contributed by atoms with Crippen LogP contribution in [-0.2, 0) is 4.74 Å². The van der Waals surface area contributed by atoms with E-state index in [2.05, 4.69) is 5.32 Å². The zero-order chi connectivity index (χ0) is 14.9. The molecule has 1 aromatic rings. The standard InChI is InChI=1S/C16H23NO3/c1-10(2)20-15(19)11-5-7-12(8-6-11)17-13-9-14(18)16(13,3)4/h5-8,10,13-14,17-18H,9H2,1-4H3. The van der Waals surface area contributed by atoms with Crippen molar-refractivity contribution in [2.75, 3.05) is 5.32 Å². The Morgan fingerprint density at radius 3 is 2.40 bits per heavy atom. The SMILES string of the molecule is CC(C)OC(=O)c1ccc(NC2CC(O)C2(C)C)cc1. The Morgan fingerprint density at radius 1 is 1.35 bits per heavy atom. The van der Waals surface area contributed by atoms with E-state index in [1.807, 2.05) is 39.8 Å². The van der Waals surface area contributed by atoms with Gasteiger partial charge in [-0.2, -0.15) is 0 Å². The summed E-state index contributed by atoms with van der Waals surface area (Å²) < 4.78 is 5.14. The minimum absolute atomic E-state index is 0.113. The molecule has 110 valence electrons. The van der Waals surface area contributed by atoms with Gasteiger partial charge in [0.2, 0.25) is 0 Å². The van der Waals surface area contributed by atoms with Crippen LogP contribution < -0.4 is 5.32 Å². The number of ether oxygens (including phenoxy) is 1. The number of esters is 1. The molecule has 2 unspecified atom stereocenters. The Balaban J connectivity index is 1.97. The molecule has 0 amide bonds. The molecule has 0 saturated heterocycles. The second-order valence-electron chi connectivity index (χ2n) is 6.30. The first kappa shape index (κ1) is 14.9. The summed E-state index contributed by atoms with van der Waals surface area (Å²) in [5.74, 6) is -0.300. The van der Waals surface area contributed by atoms with Crippen LogP contribution in [0.4, 0.5) is 5.69 Å². The van der Waals surface area contributed by atoms with Gasteiger partial charge < -0.3 is 15.2 Å². The lowest BCUT2D eigenvalue weighted by atomic mass is 9.64. The second kappa shape index (κ2) is 5.44. The van der Waals surface area contributed by atoms with Gasteiger partial charge in [0.05, 0.1) is 17.8 Å². The van der Waals surface area contributed by atoms with E-state index in [0.717, 1.165) is 12.1 Å². The van der Waals surface area contributed by atoms with Crippen LogP contribution in [0.15, 0.2) is 24.3 Å². The van der Waals surface area contributed by atoms with Crippen LogP contribution >= 0.6 is 0 Å². The molecule has 1 aliphatic carbocycles. The number of benzene rings is 1. The van der Waals surface area contributed by atoms with E-state index in [4.69, 9.17) is 4.74 Å². The second-order valence-corrected chi connectivity index (χ2v) is 6.30. The average molecular weight is 277 g/mol. The maximum absolute atomic E-state index is 11.7. The highest BCUT2D eigenvalue weighted by atomic mass is 16.5. The van der Waals surface area contributed by atoms with Crippen LogP contribution in [0.1, 0.15) is 44.5 Å². The fraction of sp³-hybridized carbons (Fsp3) is 0.562. The average Bonchev–Trinajstić information content (AvgIpc) is 2.38. The van der Waals surface area contributed by atoms with Gasteiger partial charge in [0.25, 0.3) is 0 Å². The van der Waals surface area contributed by atoms with Gasteiger partial charge in [-0.05, 0) is 44.5 Å². The molecular formula is C16H23NO3. The van der Waals surface area contributed by atoms with Crippen molar-refractivity contribution in [3.8, 4) is 0 Å². The minimum Gasteiger partial charge on any atom is -0.459 e. The molecule has 1 fully saturated rings. The summed E-state index contributed by atoms with van der Waals surface area (Å²) >= 11 is 0. The predicted octanol–water partition coefficient (Wildman–Crippen LogP) is 2.82. The summed E-state index contributed by atoms with van der Waals surface area (Å²) in [7, 11) is 0. The molecule has 0 spiro atoms. The van der Waals surface area contributed by atoms with Crippen LogP contribution in [0.5, 0.6) is 0 Å². The molecule has 1 aliphatic rings. The van der Waals surface area contributed by atoms with Gasteiger partial charge in [-0.25, -0.2) is 4.79 Å². The molecule has 1 aromatic carbocycles. The molecule has 4 heteroatoms. The van der Waals surface area contributed by atoms with E-state index < -0.39 is 0 Å². The molecule has 0 heterocycles. The summed E-state index contributed by atoms with van der Waals surface area (Å²) in [6, 6.07) is 7.52. The van der Waals surface area contributed by atoms with E-state index in [0.29, 0.717) is 5.56 Å². The number of carbonyl (C=O) groups is 1. The van der Waals surface area contributed by atoms with Crippen LogP contribution in [0.2, 0.25) is 0 Å². The van der Waals surface area contributed by atoms with Gasteiger partial charge in [-0.1, -0.05) is 13.8 Å². The van der Waals surface area contributed by atoms with Crippen molar-refractivity contribution in [2.24, 2.45) is 5.41 Å². The Hall–Kier alpha value is -1.55. The van der Waals surface area contributed by atoms with Gasteiger partial charge in [0, 0.05) is 17.1 Å². The first-order valence-electron chi connectivity index (χ1n) is 7.06. The molecule has 0 radical (unpaired) electrons. The third-order valence-corrected chi connectivity index (χ3v) is 4.02. The monoisotopic (exact) mass is 277 g/mol. The lowest BCUT2D eigenvalue weighted by Crippen LogP contribution is -2.56. The highest BCUT2D eigenvalue weighted by molar-refractivity contribution is 5.89. The molecule has 0 aromatic heterocycles. The lowest BCUT2D eigenvalue weighted by Gasteiger charge is -2.49. The largest absolute Gasteiger partial charge is 0.459 e. The third kappa shape index (κ3) is 2.96. The quantitative estimate of drug-likeness (QED) is 0.831. The van der Waals surface area contributed by atoms with Crippen LogP contribution in [-0.4, -0.2) is 29.3 Å². The molecule has 0 aliphatic heterocycles. The number of hydrogen-bond acceptors (Lipinski definition) is 4. The van der Waals surface area contributed by atoms with Gasteiger partial charge in [0.15, 0.2) is 0 Å². The van der Waals surface area contributed by atoms with E-state index in [1.165, 1.54) is 0 Å². The van der Waals surface area contributed by atoms with Crippen molar-refractivity contribution >= 4 is 11.7 Å². The number of anilines is 1. The summed E-state index contributed by atoms with van der Waals surface area (Å²) in [5, 5.41) is 13.1. The van der Waals surface area contributed by atoms with Crippen molar-refractivity contribution in [3.05, 3.63) is 29.8 Å². The number of aliphatic hydroxyl groups is 1. The highest BCUT2D eigenvalue weighted by Crippen LogP contribution is 2.42. The summed E-state index contributed by atoms with van der Waals surface area (Å²) in [5.41, 5.74) is 1.39. The third-order valence-electron chi connectivity index (χ3n) is 4.02. The topological polar surface area (TPSA) is 58.6 Å². The molecule has 0 bridgehead atoms. The number of hydrogen-bond donors (Lipinski definition) is 2. The smallest absolute Gasteiger partial charge is 0.338 e. The summed E-state index contributed by atoms with van der Waals surface area (Å²) in [6.45, 7) is 7.76. The Bertz CT molecular complexity index is 479. The first-order chi connectivity index (χ1) is 9.30. The maximum atomic E-state index is 11.7. The number of nitrogens with one attached hydrogen (secondary N) is 1. The summed E-state index contributed by atoms with van der Waals surface area (Å²) in [6.07, 6.45) is 0.391. The number of carbonyl (C=O) groups excluding carboxylic acids is 1. The number of aliphatic hydroxyl groups excluding tert-OH is 1. The predicted molar refractivity (Wildman–Crippen MR) is 78.8 cm³/mol. The van der Waals surface area contributed by atoms with Crippen molar-refractivity contribution < 1.29 is 14.6 Å². The van der Waals surface area contributed by atoms with Gasteiger partial charge >= 0.3 is 5.97 Å². The van der Waals surface area contributed by atoms with Crippen molar-refractivity contribution in [3.63, 3.8) is 0 Å². The van der Waals surface area contributed by atoms with Gasteiger partial charge in [0.1, 0.15) is 0 Å². The van der Waals surface area contributed by atoms with E-state index in [-0.39, 0.29) is 29.6 Å². The normalized spacial score (nSPS) is 24.1. The van der Waals surface area contributed by atoms with Crippen LogP contribution in [0.25, 0.3) is 0 Å². The summed E-state index contributed by atoms with van der Waals surface area (Å²) in [4.78, 5) is 11.7. The van der Waals surface area contributed by atoms with E-state index in [1.54, 1.807) is 12.1 Å². The zero-order valence-corrected chi connectivity index (χ0v) is 12.5. The molecule has 1 saturated carbocycles. The molecule has 2 N–H and O–H groups in total. The van der Waals surface area contributed by atoms with E-state index >= 15 is 0 Å². The van der Waals surface area contributed by atoms with Crippen LogP contribution in [0, 0.1) is 5.41 Å². The molecular weight excluding hydrogens is 254 g/mol. The van der Waals surface area contributed by atoms with Gasteiger partial charge in [-0.3, -0.25) is 0 Å². The first-order valence-corrected chi connectivity index (χ1v) is 7.06. The number of rotatable bonds is 4. The molecule has 20 heavy (non-hydrogen) atoms. The lowest BCUT2D eigenvalue weighted by molar-refractivity contribution is -0.0510. The Kier molecular flexibility index (Phi) is 4.04. The minimum atomic E-state index is -0.300. The van der Waals surface area contributed by atoms with Crippen LogP contribution in [0.3, 0.4) is 0 Å². The molecule has 2 atom stereocenters. The Morgan fingerprint density at radius 2 is 1.95 bits per heavy atom. The Labute approximate surface area is 120 Å². The fourth-order valence-electron chi connectivity index (χ4n) is 2.33. The van der Waals surface area contributed by atoms with Gasteiger partial charge in [-0.15, -0.1) is 0 Å². The van der Waals surface area contributed by atoms with Crippen molar-refractivity contribution in [1.82, 2.24) is 0 Å². The van der Waals surface area contributed by atoms with Crippen molar-refractivity contribution in [2.45, 2.75) is 52.4 Å². The zero-order valence-electron chi connectivity index (χ0n) is 12.5. The van der Waals surface area contributed by atoms with Crippen molar-refractivity contribution in [1.29, 1.82) is 0 Å². The van der Waals surface area contributed by atoms with E-state index in [9.17, 15) is 9.90 Å². The molecule has 2 rings (SSSR count). The maximum Gasteiger partial charge on any atom is 0.338 e. The fourth-order valence-corrected chi connectivity index (χ4v) is 2.33. The highest BCUT2D eigenvalue weighted by Gasteiger charge is 2.47.